The lowest BCUT2D eigenvalue weighted by atomic mass is 9.69. The maximum Gasteiger partial charge on any atom is 0.320 e. The largest absolute Gasteiger partial charge is 0.480 e. The molecule has 1 heterocycles. The van der Waals surface area contributed by atoms with Gasteiger partial charge >= 0.3 is 5.97 Å². The molecule has 2 aliphatic rings. The molecule has 1 N–H and O–H groups in total. The van der Waals surface area contributed by atoms with Crippen molar-refractivity contribution < 1.29 is 9.90 Å². The summed E-state index contributed by atoms with van der Waals surface area (Å²) in [5.41, 5.74) is 0.372. The summed E-state index contributed by atoms with van der Waals surface area (Å²) in [7, 11) is 0. The number of carbonyl (C=O) groups is 1. The summed E-state index contributed by atoms with van der Waals surface area (Å²) in [6.07, 6.45) is 5.38. The van der Waals surface area contributed by atoms with Crippen LogP contribution >= 0.6 is 0 Å². The van der Waals surface area contributed by atoms with Crippen LogP contribution in [0.2, 0.25) is 0 Å². The van der Waals surface area contributed by atoms with Crippen molar-refractivity contribution in [2.24, 2.45) is 11.3 Å². The topological polar surface area (TPSA) is 43.8 Å². The second-order valence-corrected chi connectivity index (χ2v) is 7.91. The molecule has 1 saturated heterocycles. The Hall–Kier alpha value is -0.610. The standard InChI is InChI=1S/C17H32N2O2/c1-13(16(20)21)18-9-11-19(12-10-18)15-8-6-5-7-14(15)17(2,3)4/h13-15H,5-12H2,1-4H3,(H,20,21). The molecular weight excluding hydrogens is 264 g/mol. The minimum absolute atomic E-state index is 0.350. The van der Waals surface area contributed by atoms with Crippen molar-refractivity contribution in [3.8, 4) is 0 Å². The summed E-state index contributed by atoms with van der Waals surface area (Å²) < 4.78 is 0. The SMILES string of the molecule is CC(C(=O)O)N1CCN(C2CCCCC2C(C)(C)C)CC1. The predicted molar refractivity (Wildman–Crippen MR) is 85.4 cm³/mol. The molecule has 2 rings (SSSR count). The van der Waals surface area contributed by atoms with Crippen LogP contribution in [0.4, 0.5) is 0 Å². The number of carboxylic acids is 1. The smallest absolute Gasteiger partial charge is 0.320 e. The highest BCUT2D eigenvalue weighted by atomic mass is 16.4. The van der Waals surface area contributed by atoms with Crippen molar-refractivity contribution >= 4 is 5.97 Å². The maximum atomic E-state index is 11.1. The lowest BCUT2D eigenvalue weighted by Gasteiger charge is -2.48. The van der Waals surface area contributed by atoms with E-state index < -0.39 is 5.97 Å². The fraction of sp³-hybridized carbons (Fsp3) is 0.941. The van der Waals surface area contributed by atoms with Gasteiger partial charge in [-0.05, 0) is 31.1 Å². The van der Waals surface area contributed by atoms with E-state index >= 15 is 0 Å². The minimum atomic E-state index is -0.700. The van der Waals surface area contributed by atoms with Gasteiger partial charge in [0.2, 0.25) is 0 Å². The van der Waals surface area contributed by atoms with Gasteiger partial charge < -0.3 is 5.11 Å². The first-order valence-corrected chi connectivity index (χ1v) is 8.51. The molecule has 21 heavy (non-hydrogen) atoms. The molecule has 1 aliphatic carbocycles. The van der Waals surface area contributed by atoms with Crippen LogP contribution in [-0.4, -0.2) is 59.1 Å². The first-order valence-electron chi connectivity index (χ1n) is 8.51. The van der Waals surface area contributed by atoms with E-state index in [4.69, 9.17) is 5.11 Å². The predicted octanol–water partition coefficient (Wildman–Crippen LogP) is 2.68. The van der Waals surface area contributed by atoms with Crippen LogP contribution in [0.1, 0.15) is 53.4 Å². The highest BCUT2D eigenvalue weighted by molar-refractivity contribution is 5.72. The second kappa shape index (κ2) is 6.66. The third-order valence-electron chi connectivity index (χ3n) is 5.56. The Morgan fingerprint density at radius 2 is 1.67 bits per heavy atom. The molecule has 4 heteroatoms. The summed E-state index contributed by atoms with van der Waals surface area (Å²) in [6.45, 7) is 12.7. The second-order valence-electron chi connectivity index (χ2n) is 7.91. The Labute approximate surface area is 129 Å². The number of carboxylic acid groups (broad SMARTS) is 1. The monoisotopic (exact) mass is 296 g/mol. The average molecular weight is 296 g/mol. The zero-order valence-electron chi connectivity index (χ0n) is 14.1. The number of nitrogens with zero attached hydrogens (tertiary/aromatic N) is 2. The molecule has 4 nitrogen and oxygen atoms in total. The Morgan fingerprint density at radius 1 is 1.10 bits per heavy atom. The first kappa shape index (κ1) is 16.8. The normalized spacial score (nSPS) is 31.0. The van der Waals surface area contributed by atoms with Crippen molar-refractivity contribution in [1.82, 2.24) is 9.80 Å². The molecule has 0 aromatic rings. The summed E-state index contributed by atoms with van der Waals surface area (Å²) >= 11 is 0. The lowest BCUT2D eigenvalue weighted by Crippen LogP contribution is -2.57. The molecule has 3 atom stereocenters. The highest BCUT2D eigenvalue weighted by Crippen LogP contribution is 2.40. The first-order chi connectivity index (χ1) is 9.80. The molecule has 1 aliphatic heterocycles. The van der Waals surface area contributed by atoms with E-state index in [1.807, 2.05) is 0 Å². The molecule has 0 aromatic heterocycles. The van der Waals surface area contributed by atoms with Crippen molar-refractivity contribution in [2.45, 2.75) is 65.5 Å². The Bertz CT molecular complexity index is 356. The molecule has 0 bridgehead atoms. The maximum absolute atomic E-state index is 11.1. The van der Waals surface area contributed by atoms with Crippen LogP contribution in [0, 0.1) is 11.3 Å². The Balaban J connectivity index is 1.95. The molecular formula is C17H32N2O2. The molecule has 2 fully saturated rings. The molecule has 0 aromatic carbocycles. The van der Waals surface area contributed by atoms with E-state index in [0.717, 1.165) is 32.1 Å². The van der Waals surface area contributed by atoms with E-state index in [2.05, 4.69) is 30.6 Å². The van der Waals surface area contributed by atoms with E-state index in [0.29, 0.717) is 11.5 Å². The number of rotatable bonds is 3. The van der Waals surface area contributed by atoms with E-state index in [1.54, 1.807) is 6.92 Å². The zero-order valence-corrected chi connectivity index (χ0v) is 14.1. The summed E-state index contributed by atoms with van der Waals surface area (Å²) in [6, 6.07) is 0.345. The zero-order chi connectivity index (χ0) is 15.6. The molecule has 1 saturated carbocycles. The van der Waals surface area contributed by atoms with Crippen LogP contribution in [0.15, 0.2) is 0 Å². The highest BCUT2D eigenvalue weighted by Gasteiger charge is 2.38. The van der Waals surface area contributed by atoms with E-state index in [1.165, 1.54) is 25.7 Å². The fourth-order valence-electron chi connectivity index (χ4n) is 4.17. The summed E-state index contributed by atoms with van der Waals surface area (Å²) in [5.74, 6) is 0.0726. The number of hydrogen-bond acceptors (Lipinski definition) is 3. The minimum Gasteiger partial charge on any atom is -0.480 e. The van der Waals surface area contributed by atoms with Gasteiger partial charge in [0.15, 0.2) is 0 Å². The Morgan fingerprint density at radius 3 is 2.19 bits per heavy atom. The van der Waals surface area contributed by atoms with Crippen molar-refractivity contribution in [1.29, 1.82) is 0 Å². The van der Waals surface area contributed by atoms with Gasteiger partial charge in [0.05, 0.1) is 0 Å². The summed E-state index contributed by atoms with van der Waals surface area (Å²) in [4.78, 5) is 15.9. The average Bonchev–Trinajstić information content (AvgIpc) is 2.45. The quantitative estimate of drug-likeness (QED) is 0.869. The Kier molecular flexibility index (Phi) is 5.31. The van der Waals surface area contributed by atoms with Crippen molar-refractivity contribution in [3.63, 3.8) is 0 Å². The van der Waals surface area contributed by atoms with Gasteiger partial charge in [-0.3, -0.25) is 14.6 Å². The van der Waals surface area contributed by atoms with Crippen LogP contribution < -0.4 is 0 Å². The number of piperazine rings is 1. The molecule has 0 amide bonds. The van der Waals surface area contributed by atoms with Crippen LogP contribution in [0.3, 0.4) is 0 Å². The molecule has 122 valence electrons. The number of aliphatic carboxylic acids is 1. The third-order valence-corrected chi connectivity index (χ3v) is 5.56. The molecule has 0 radical (unpaired) electrons. The van der Waals surface area contributed by atoms with Gasteiger partial charge in [-0.25, -0.2) is 0 Å². The molecule has 0 spiro atoms. The third kappa shape index (κ3) is 3.98. The van der Waals surface area contributed by atoms with E-state index in [9.17, 15) is 4.79 Å². The van der Waals surface area contributed by atoms with Gasteiger partial charge in [-0.15, -0.1) is 0 Å². The van der Waals surface area contributed by atoms with Crippen molar-refractivity contribution in [2.75, 3.05) is 26.2 Å². The fourth-order valence-corrected chi connectivity index (χ4v) is 4.17. The van der Waals surface area contributed by atoms with Crippen LogP contribution in [0.5, 0.6) is 0 Å². The van der Waals surface area contributed by atoms with Gasteiger partial charge in [0, 0.05) is 32.2 Å². The van der Waals surface area contributed by atoms with Crippen LogP contribution in [-0.2, 0) is 4.79 Å². The van der Waals surface area contributed by atoms with Gasteiger partial charge in [0.1, 0.15) is 6.04 Å². The van der Waals surface area contributed by atoms with Gasteiger partial charge in [-0.1, -0.05) is 33.6 Å². The summed E-state index contributed by atoms with van der Waals surface area (Å²) in [5, 5.41) is 9.14. The van der Waals surface area contributed by atoms with Crippen molar-refractivity contribution in [3.05, 3.63) is 0 Å². The van der Waals surface area contributed by atoms with Gasteiger partial charge in [0.25, 0.3) is 0 Å². The number of hydrogen-bond donors (Lipinski definition) is 1. The molecule has 3 unspecified atom stereocenters. The van der Waals surface area contributed by atoms with Gasteiger partial charge in [-0.2, -0.15) is 0 Å². The van der Waals surface area contributed by atoms with Crippen LogP contribution in [0.25, 0.3) is 0 Å². The lowest BCUT2D eigenvalue weighted by molar-refractivity contribution is -0.143. The van der Waals surface area contributed by atoms with E-state index in [-0.39, 0.29) is 6.04 Å².